The van der Waals surface area contributed by atoms with E-state index in [1.165, 1.54) is 5.56 Å². The lowest BCUT2D eigenvalue weighted by molar-refractivity contribution is 0.281. The van der Waals surface area contributed by atoms with Crippen molar-refractivity contribution >= 4 is 21.7 Å². The predicted octanol–water partition coefficient (Wildman–Crippen LogP) is 3.34. The highest BCUT2D eigenvalue weighted by molar-refractivity contribution is 7.89. The molecule has 1 unspecified atom stereocenters. The topological polar surface area (TPSA) is 87.8 Å². The second-order valence-electron chi connectivity index (χ2n) is 7.45. The average Bonchev–Trinajstić information content (AvgIpc) is 2.68. The average molecular weight is 401 g/mol. The largest absolute Gasteiger partial charge is 0.370 e. The van der Waals surface area contributed by atoms with Crippen LogP contribution in [0, 0.1) is 12.8 Å². The van der Waals surface area contributed by atoms with Gasteiger partial charge in [0.2, 0.25) is 10.0 Å². The minimum Gasteiger partial charge on any atom is -0.370 e. The van der Waals surface area contributed by atoms with Crippen LogP contribution < -0.4 is 11.1 Å². The molecule has 1 heterocycles. The molecule has 2 aromatic carbocycles. The Morgan fingerprint density at radius 3 is 2.50 bits per heavy atom. The summed E-state index contributed by atoms with van der Waals surface area (Å²) < 4.78 is 27.2. The third-order valence-electron chi connectivity index (χ3n) is 4.94. The molecule has 1 saturated heterocycles. The van der Waals surface area contributed by atoms with Gasteiger partial charge in [-0.3, -0.25) is 0 Å². The Balaban J connectivity index is 1.63. The molecule has 1 fully saturated rings. The zero-order valence-electron chi connectivity index (χ0n) is 16.4. The minimum atomic E-state index is -3.43. The van der Waals surface area contributed by atoms with E-state index in [1.807, 2.05) is 31.2 Å². The van der Waals surface area contributed by atoms with Crippen LogP contribution in [-0.2, 0) is 16.6 Å². The Labute approximate surface area is 167 Å². The maximum absolute atomic E-state index is 12.8. The van der Waals surface area contributed by atoms with Crippen LogP contribution in [0.2, 0.25) is 0 Å². The van der Waals surface area contributed by atoms with E-state index in [4.69, 9.17) is 5.73 Å². The molecule has 3 rings (SSSR count). The fourth-order valence-electron chi connectivity index (χ4n) is 3.28. The van der Waals surface area contributed by atoms with E-state index < -0.39 is 10.0 Å². The summed E-state index contributed by atoms with van der Waals surface area (Å²) >= 11 is 0. The molecule has 1 atom stereocenters. The van der Waals surface area contributed by atoms with Crippen LogP contribution in [0.25, 0.3) is 0 Å². The van der Waals surface area contributed by atoms with Gasteiger partial charge < -0.3 is 11.1 Å². The summed E-state index contributed by atoms with van der Waals surface area (Å²) in [6, 6.07) is 14.8. The molecule has 0 radical (unpaired) electrons. The normalized spacial score (nSPS) is 18.8. The molecule has 0 aliphatic carbocycles. The number of rotatable bonds is 5. The maximum atomic E-state index is 12.8. The number of hydrogen-bond donors (Lipinski definition) is 2. The molecule has 0 spiro atoms. The first kappa shape index (κ1) is 20.4. The number of nitrogens with two attached hydrogens (primary N) is 1. The SMILES string of the molecule is Cc1ccc(NC(N)=NCc2ccc(S(=O)(=O)N3CCCC(C)C3)cc2)cc1. The van der Waals surface area contributed by atoms with E-state index in [9.17, 15) is 8.42 Å². The monoisotopic (exact) mass is 400 g/mol. The summed E-state index contributed by atoms with van der Waals surface area (Å²) in [4.78, 5) is 4.66. The Bertz CT molecular complexity index is 922. The number of anilines is 1. The Kier molecular flexibility index (Phi) is 6.36. The highest BCUT2D eigenvalue weighted by Crippen LogP contribution is 2.23. The van der Waals surface area contributed by atoms with Crippen molar-refractivity contribution in [3.8, 4) is 0 Å². The molecule has 0 amide bonds. The molecule has 1 aliphatic heterocycles. The quantitative estimate of drug-likeness (QED) is 0.595. The van der Waals surface area contributed by atoms with Crippen molar-refractivity contribution < 1.29 is 8.42 Å². The number of piperidine rings is 1. The molecule has 0 aromatic heterocycles. The smallest absolute Gasteiger partial charge is 0.243 e. The summed E-state index contributed by atoms with van der Waals surface area (Å²) in [6.07, 6.45) is 2.00. The van der Waals surface area contributed by atoms with Crippen molar-refractivity contribution in [1.29, 1.82) is 0 Å². The van der Waals surface area contributed by atoms with E-state index in [0.717, 1.165) is 24.1 Å². The molecule has 3 N–H and O–H groups in total. The molecular weight excluding hydrogens is 372 g/mol. The molecule has 1 aliphatic rings. The number of aryl methyl sites for hydroxylation is 1. The van der Waals surface area contributed by atoms with Gasteiger partial charge in [0.25, 0.3) is 0 Å². The highest BCUT2D eigenvalue weighted by atomic mass is 32.2. The van der Waals surface area contributed by atoms with Crippen LogP contribution in [0.3, 0.4) is 0 Å². The van der Waals surface area contributed by atoms with Crippen molar-refractivity contribution in [2.75, 3.05) is 18.4 Å². The van der Waals surface area contributed by atoms with Gasteiger partial charge in [-0.05, 0) is 55.5 Å². The van der Waals surface area contributed by atoms with E-state index >= 15 is 0 Å². The first-order chi connectivity index (χ1) is 13.3. The van der Waals surface area contributed by atoms with Gasteiger partial charge in [-0.15, -0.1) is 0 Å². The zero-order valence-corrected chi connectivity index (χ0v) is 17.2. The van der Waals surface area contributed by atoms with Gasteiger partial charge in [0.1, 0.15) is 0 Å². The standard InChI is InChI=1S/C21H28N4O2S/c1-16-5-9-19(10-6-16)24-21(22)23-14-18-7-11-20(12-8-18)28(26,27)25-13-3-4-17(2)15-25/h5-12,17H,3-4,13-15H2,1-2H3,(H3,22,23,24). The third kappa shape index (κ3) is 5.11. The zero-order chi connectivity index (χ0) is 20.1. The summed E-state index contributed by atoms with van der Waals surface area (Å²) in [5, 5.41) is 3.05. The molecular formula is C21H28N4O2S. The fourth-order valence-corrected chi connectivity index (χ4v) is 4.88. The van der Waals surface area contributed by atoms with Crippen LogP contribution in [0.4, 0.5) is 5.69 Å². The summed E-state index contributed by atoms with van der Waals surface area (Å²) in [5.41, 5.74) is 8.89. The number of hydrogen-bond acceptors (Lipinski definition) is 3. The minimum absolute atomic E-state index is 0.322. The molecule has 0 saturated carbocycles. The van der Waals surface area contributed by atoms with Gasteiger partial charge >= 0.3 is 0 Å². The van der Waals surface area contributed by atoms with Gasteiger partial charge in [0.05, 0.1) is 11.4 Å². The van der Waals surface area contributed by atoms with Crippen LogP contribution in [-0.4, -0.2) is 31.8 Å². The van der Waals surface area contributed by atoms with Gasteiger partial charge in [0.15, 0.2) is 5.96 Å². The van der Waals surface area contributed by atoms with E-state index in [1.54, 1.807) is 28.6 Å². The van der Waals surface area contributed by atoms with E-state index in [-0.39, 0.29) is 0 Å². The van der Waals surface area contributed by atoms with Crippen molar-refractivity contribution in [1.82, 2.24) is 4.31 Å². The lowest BCUT2D eigenvalue weighted by atomic mass is 10.0. The number of guanidine groups is 1. The number of nitrogens with zero attached hydrogens (tertiary/aromatic N) is 2. The molecule has 2 aromatic rings. The molecule has 150 valence electrons. The van der Waals surface area contributed by atoms with Crippen LogP contribution in [0.15, 0.2) is 58.4 Å². The number of sulfonamides is 1. The van der Waals surface area contributed by atoms with Crippen molar-refractivity contribution in [2.45, 2.75) is 38.1 Å². The van der Waals surface area contributed by atoms with Crippen LogP contribution >= 0.6 is 0 Å². The van der Waals surface area contributed by atoms with Crippen molar-refractivity contribution in [2.24, 2.45) is 16.6 Å². The van der Waals surface area contributed by atoms with Crippen molar-refractivity contribution in [3.05, 3.63) is 59.7 Å². The molecule has 28 heavy (non-hydrogen) atoms. The van der Waals surface area contributed by atoms with Gasteiger partial charge in [0, 0.05) is 18.8 Å². The Morgan fingerprint density at radius 2 is 1.86 bits per heavy atom. The summed E-state index contributed by atoms with van der Waals surface area (Å²) in [7, 11) is -3.43. The lowest BCUT2D eigenvalue weighted by Gasteiger charge is -2.30. The lowest BCUT2D eigenvalue weighted by Crippen LogP contribution is -2.39. The Morgan fingerprint density at radius 1 is 1.18 bits per heavy atom. The van der Waals surface area contributed by atoms with Gasteiger partial charge in [-0.25, -0.2) is 13.4 Å². The number of nitrogens with one attached hydrogen (secondary N) is 1. The maximum Gasteiger partial charge on any atom is 0.243 e. The third-order valence-corrected chi connectivity index (χ3v) is 6.82. The van der Waals surface area contributed by atoms with E-state index in [0.29, 0.717) is 36.4 Å². The highest BCUT2D eigenvalue weighted by Gasteiger charge is 2.28. The second-order valence-corrected chi connectivity index (χ2v) is 9.38. The number of aliphatic imine (C=N–C) groups is 1. The molecule has 6 nitrogen and oxygen atoms in total. The Hall–Kier alpha value is -2.38. The number of benzene rings is 2. The first-order valence-electron chi connectivity index (χ1n) is 9.57. The summed E-state index contributed by atoms with van der Waals surface area (Å²) in [6.45, 7) is 5.69. The predicted molar refractivity (Wildman–Crippen MR) is 114 cm³/mol. The first-order valence-corrected chi connectivity index (χ1v) is 11.0. The van der Waals surface area contributed by atoms with E-state index in [2.05, 4.69) is 17.2 Å². The van der Waals surface area contributed by atoms with Crippen LogP contribution in [0.1, 0.15) is 30.9 Å². The van der Waals surface area contributed by atoms with Gasteiger partial charge in [-0.1, -0.05) is 36.8 Å². The van der Waals surface area contributed by atoms with Crippen LogP contribution in [0.5, 0.6) is 0 Å². The fraction of sp³-hybridized carbons (Fsp3) is 0.381. The van der Waals surface area contributed by atoms with Gasteiger partial charge in [-0.2, -0.15) is 4.31 Å². The summed E-state index contributed by atoms with van der Waals surface area (Å²) in [5.74, 6) is 0.726. The van der Waals surface area contributed by atoms with Crippen molar-refractivity contribution in [3.63, 3.8) is 0 Å². The second kappa shape index (κ2) is 8.75. The molecule has 7 heteroatoms. The molecule has 0 bridgehead atoms.